The second-order valence-electron chi connectivity index (χ2n) is 4.52. The highest BCUT2D eigenvalue weighted by molar-refractivity contribution is 9.10. The van der Waals surface area contributed by atoms with E-state index in [1.807, 2.05) is 6.07 Å². The normalized spacial score (nSPS) is 10.8. The van der Waals surface area contributed by atoms with Crippen molar-refractivity contribution in [1.29, 1.82) is 5.26 Å². The molecule has 0 aliphatic heterocycles. The summed E-state index contributed by atoms with van der Waals surface area (Å²) < 4.78 is 6.11. The number of halogens is 2. The highest BCUT2D eigenvalue weighted by Crippen LogP contribution is 2.25. The van der Waals surface area contributed by atoms with Crippen molar-refractivity contribution in [3.05, 3.63) is 63.1 Å². The first-order valence-electron chi connectivity index (χ1n) is 6.55. The number of hydrogen-bond donors (Lipinski definition) is 1. The predicted octanol–water partition coefficient (Wildman–Crippen LogP) is 4.66. The molecule has 0 radical (unpaired) electrons. The molecule has 2 aromatic carbocycles. The van der Waals surface area contributed by atoms with E-state index in [1.54, 1.807) is 42.5 Å². The summed E-state index contributed by atoms with van der Waals surface area (Å²) in [6.45, 7) is 0. The van der Waals surface area contributed by atoms with Crippen LogP contribution in [0.4, 0.5) is 5.69 Å². The van der Waals surface area contributed by atoms with Gasteiger partial charge in [0.2, 0.25) is 0 Å². The van der Waals surface area contributed by atoms with Crippen LogP contribution < -0.4 is 10.1 Å². The monoisotopic (exact) mass is 390 g/mol. The second-order valence-corrected chi connectivity index (χ2v) is 5.87. The van der Waals surface area contributed by atoms with Crippen LogP contribution in [-0.4, -0.2) is 13.0 Å². The summed E-state index contributed by atoms with van der Waals surface area (Å²) in [7, 11) is 1.51. The zero-order chi connectivity index (χ0) is 16.8. The van der Waals surface area contributed by atoms with Crippen molar-refractivity contribution in [3.63, 3.8) is 0 Å². The van der Waals surface area contributed by atoms with E-state index in [4.69, 9.17) is 16.3 Å². The number of anilines is 1. The number of nitriles is 1. The molecule has 2 rings (SSSR count). The molecule has 0 spiro atoms. The van der Waals surface area contributed by atoms with E-state index in [0.29, 0.717) is 22.0 Å². The van der Waals surface area contributed by atoms with E-state index in [-0.39, 0.29) is 5.57 Å². The average molecular weight is 392 g/mol. The fraction of sp³-hybridized carbons (Fsp3) is 0.0588. The van der Waals surface area contributed by atoms with E-state index in [0.717, 1.165) is 4.47 Å². The van der Waals surface area contributed by atoms with Gasteiger partial charge in [-0.25, -0.2) is 0 Å². The smallest absolute Gasteiger partial charge is 0.266 e. The first-order valence-corrected chi connectivity index (χ1v) is 7.73. The van der Waals surface area contributed by atoms with Crippen LogP contribution in [-0.2, 0) is 4.79 Å². The summed E-state index contributed by atoms with van der Waals surface area (Å²) in [6, 6.07) is 13.9. The molecule has 0 bridgehead atoms. The van der Waals surface area contributed by atoms with Crippen molar-refractivity contribution in [3.8, 4) is 11.8 Å². The molecule has 0 saturated carbocycles. The Morgan fingerprint density at radius 2 is 2.00 bits per heavy atom. The maximum atomic E-state index is 12.2. The molecular formula is C17H12BrClN2O2. The van der Waals surface area contributed by atoms with Crippen LogP contribution in [0.25, 0.3) is 6.08 Å². The standard InChI is InChI=1S/C17H12BrClN2O2/c1-23-16-7-4-14(19)9-11(16)8-12(10-20)17(22)21-15-5-2-13(18)3-6-15/h2-9H,1H3,(H,21,22)/b12-8-. The zero-order valence-electron chi connectivity index (χ0n) is 12.1. The molecule has 2 aromatic rings. The van der Waals surface area contributed by atoms with E-state index in [2.05, 4.69) is 21.2 Å². The number of amides is 1. The number of rotatable bonds is 4. The molecule has 0 saturated heterocycles. The van der Waals surface area contributed by atoms with Crippen molar-refractivity contribution in [2.75, 3.05) is 12.4 Å². The summed E-state index contributed by atoms with van der Waals surface area (Å²) in [5.41, 5.74) is 1.11. The summed E-state index contributed by atoms with van der Waals surface area (Å²) in [5.74, 6) is 0.0236. The summed E-state index contributed by atoms with van der Waals surface area (Å²) in [5, 5.41) is 12.4. The number of ether oxygens (including phenoxy) is 1. The Morgan fingerprint density at radius 1 is 1.30 bits per heavy atom. The van der Waals surface area contributed by atoms with Crippen LogP contribution in [0.15, 0.2) is 52.5 Å². The molecule has 0 fully saturated rings. The lowest BCUT2D eigenvalue weighted by Gasteiger charge is -2.07. The van der Waals surface area contributed by atoms with Gasteiger partial charge >= 0.3 is 0 Å². The largest absolute Gasteiger partial charge is 0.496 e. The molecule has 1 amide bonds. The lowest BCUT2D eigenvalue weighted by Crippen LogP contribution is -2.13. The number of methoxy groups -OCH3 is 1. The number of carbonyl (C=O) groups is 1. The van der Waals surface area contributed by atoms with Crippen LogP contribution in [0.1, 0.15) is 5.56 Å². The van der Waals surface area contributed by atoms with Crippen molar-refractivity contribution in [2.45, 2.75) is 0 Å². The highest BCUT2D eigenvalue weighted by Gasteiger charge is 2.11. The maximum Gasteiger partial charge on any atom is 0.266 e. The van der Waals surface area contributed by atoms with Crippen molar-refractivity contribution >= 4 is 45.2 Å². The zero-order valence-corrected chi connectivity index (χ0v) is 14.5. The van der Waals surface area contributed by atoms with Gasteiger partial charge in [-0.05, 0) is 48.5 Å². The Hall–Kier alpha value is -2.29. The maximum absolute atomic E-state index is 12.2. The predicted molar refractivity (Wildman–Crippen MR) is 94.4 cm³/mol. The third-order valence-electron chi connectivity index (χ3n) is 2.96. The summed E-state index contributed by atoms with van der Waals surface area (Å²) in [4.78, 5) is 12.2. The second kappa shape index (κ2) is 7.82. The molecule has 0 aromatic heterocycles. The Morgan fingerprint density at radius 3 is 2.61 bits per heavy atom. The van der Waals surface area contributed by atoms with Gasteiger partial charge in [0.05, 0.1) is 7.11 Å². The third-order valence-corrected chi connectivity index (χ3v) is 3.72. The van der Waals surface area contributed by atoms with Gasteiger partial charge in [0.25, 0.3) is 5.91 Å². The first kappa shape index (κ1) is 17.1. The fourth-order valence-corrected chi connectivity index (χ4v) is 2.30. The van der Waals surface area contributed by atoms with E-state index < -0.39 is 5.91 Å². The van der Waals surface area contributed by atoms with Crippen LogP contribution >= 0.6 is 27.5 Å². The number of carbonyl (C=O) groups excluding carboxylic acids is 1. The van der Waals surface area contributed by atoms with Crippen LogP contribution in [0.5, 0.6) is 5.75 Å². The molecule has 0 heterocycles. The number of hydrogen-bond acceptors (Lipinski definition) is 3. The van der Waals surface area contributed by atoms with Crippen molar-refractivity contribution in [1.82, 2.24) is 0 Å². The molecule has 6 heteroatoms. The van der Waals surface area contributed by atoms with E-state index >= 15 is 0 Å². The fourth-order valence-electron chi connectivity index (χ4n) is 1.85. The summed E-state index contributed by atoms with van der Waals surface area (Å²) >= 11 is 9.27. The molecule has 1 N–H and O–H groups in total. The highest BCUT2D eigenvalue weighted by atomic mass is 79.9. The Kier molecular flexibility index (Phi) is 5.80. The van der Waals surface area contributed by atoms with Gasteiger partial charge in [-0.15, -0.1) is 0 Å². The molecule has 23 heavy (non-hydrogen) atoms. The van der Waals surface area contributed by atoms with Gasteiger partial charge in [0, 0.05) is 20.7 Å². The lowest BCUT2D eigenvalue weighted by atomic mass is 10.1. The average Bonchev–Trinajstić information content (AvgIpc) is 2.54. The quantitative estimate of drug-likeness (QED) is 0.609. The van der Waals surface area contributed by atoms with Gasteiger partial charge in [0.15, 0.2) is 0 Å². The van der Waals surface area contributed by atoms with Crippen molar-refractivity contribution in [2.24, 2.45) is 0 Å². The number of nitrogens with zero attached hydrogens (tertiary/aromatic N) is 1. The summed E-state index contributed by atoms with van der Waals surface area (Å²) in [6.07, 6.45) is 1.44. The van der Waals surface area contributed by atoms with E-state index in [9.17, 15) is 10.1 Å². The van der Waals surface area contributed by atoms with Gasteiger partial charge < -0.3 is 10.1 Å². The van der Waals surface area contributed by atoms with Crippen LogP contribution in [0.3, 0.4) is 0 Å². The molecule has 4 nitrogen and oxygen atoms in total. The third kappa shape index (κ3) is 4.59. The Balaban J connectivity index is 2.28. The van der Waals surface area contributed by atoms with E-state index in [1.165, 1.54) is 13.2 Å². The van der Waals surface area contributed by atoms with Gasteiger partial charge in [-0.2, -0.15) is 5.26 Å². The van der Waals surface area contributed by atoms with Gasteiger partial charge in [0.1, 0.15) is 17.4 Å². The van der Waals surface area contributed by atoms with Crippen LogP contribution in [0.2, 0.25) is 5.02 Å². The number of nitrogens with one attached hydrogen (secondary N) is 1. The van der Waals surface area contributed by atoms with Gasteiger partial charge in [-0.1, -0.05) is 27.5 Å². The number of benzene rings is 2. The van der Waals surface area contributed by atoms with Crippen LogP contribution in [0, 0.1) is 11.3 Å². The minimum atomic E-state index is -0.503. The molecule has 0 aliphatic carbocycles. The molecule has 0 aliphatic rings. The topological polar surface area (TPSA) is 62.1 Å². The Bertz CT molecular complexity index is 795. The molecule has 0 atom stereocenters. The Labute approximate surface area is 147 Å². The molecule has 0 unspecified atom stereocenters. The lowest BCUT2D eigenvalue weighted by molar-refractivity contribution is -0.112. The minimum absolute atomic E-state index is 0.0477. The molecular weight excluding hydrogens is 380 g/mol. The minimum Gasteiger partial charge on any atom is -0.496 e. The SMILES string of the molecule is COc1ccc(Cl)cc1/C=C(/C#N)C(=O)Nc1ccc(Br)cc1. The van der Waals surface area contributed by atoms with Gasteiger partial charge in [-0.3, -0.25) is 4.79 Å². The van der Waals surface area contributed by atoms with Crippen molar-refractivity contribution < 1.29 is 9.53 Å². The first-order chi connectivity index (χ1) is 11.0. The molecule has 116 valence electrons.